The van der Waals surface area contributed by atoms with Crippen LogP contribution < -0.4 is 15.0 Å². The standard InChI is InChI=1S/C27H26FN5O2/c1-18-17-32(27(34)29-21-11-13-22(35-2)14-12-21)15-16-33(18)26-24-6-4-3-5-23(24)25(30-31-26)19-7-9-20(28)10-8-19/h3-14,18H,15-17H2,1-2H3,(H,29,34). The predicted octanol–water partition coefficient (Wildman–Crippen LogP) is 5.19. The number of carbonyl (C=O) groups excluding carboxylic acids is 1. The molecule has 1 aliphatic rings. The van der Waals surface area contributed by atoms with E-state index in [1.54, 1.807) is 19.2 Å². The molecule has 8 heteroatoms. The number of ether oxygens (including phenoxy) is 1. The zero-order valence-electron chi connectivity index (χ0n) is 19.6. The maximum absolute atomic E-state index is 13.4. The molecule has 1 aliphatic heterocycles. The molecular formula is C27H26FN5O2. The fourth-order valence-corrected chi connectivity index (χ4v) is 4.46. The number of aromatic nitrogens is 2. The first-order valence-corrected chi connectivity index (χ1v) is 11.5. The third-order valence-electron chi connectivity index (χ3n) is 6.31. The molecule has 1 saturated heterocycles. The molecule has 7 nitrogen and oxygen atoms in total. The quantitative estimate of drug-likeness (QED) is 0.444. The van der Waals surface area contributed by atoms with Crippen molar-refractivity contribution in [1.82, 2.24) is 15.1 Å². The average Bonchev–Trinajstić information content (AvgIpc) is 2.89. The molecule has 0 aliphatic carbocycles. The number of benzene rings is 3. The summed E-state index contributed by atoms with van der Waals surface area (Å²) in [7, 11) is 1.61. The molecule has 2 amide bonds. The first-order valence-electron chi connectivity index (χ1n) is 11.5. The van der Waals surface area contributed by atoms with Crippen molar-refractivity contribution in [2.24, 2.45) is 0 Å². The van der Waals surface area contributed by atoms with E-state index in [4.69, 9.17) is 4.74 Å². The van der Waals surface area contributed by atoms with Crippen LogP contribution in [0.4, 0.5) is 20.7 Å². The number of urea groups is 1. The van der Waals surface area contributed by atoms with Crippen LogP contribution in [0.5, 0.6) is 5.75 Å². The Morgan fingerprint density at radius 1 is 0.971 bits per heavy atom. The first kappa shape index (κ1) is 22.6. The number of carbonyl (C=O) groups is 1. The molecule has 0 bridgehead atoms. The third-order valence-corrected chi connectivity index (χ3v) is 6.31. The van der Waals surface area contributed by atoms with Crippen LogP contribution in [0.2, 0.25) is 0 Å². The van der Waals surface area contributed by atoms with Crippen molar-refractivity contribution in [1.29, 1.82) is 0 Å². The van der Waals surface area contributed by atoms with Gasteiger partial charge >= 0.3 is 6.03 Å². The third kappa shape index (κ3) is 4.59. The van der Waals surface area contributed by atoms with Crippen molar-refractivity contribution in [3.63, 3.8) is 0 Å². The number of rotatable bonds is 4. The van der Waals surface area contributed by atoms with Gasteiger partial charge in [-0.05, 0) is 55.5 Å². The molecule has 0 spiro atoms. The van der Waals surface area contributed by atoms with E-state index >= 15 is 0 Å². The Hall–Kier alpha value is -4.20. The van der Waals surface area contributed by atoms with Crippen LogP contribution in [0, 0.1) is 5.82 Å². The van der Waals surface area contributed by atoms with Crippen LogP contribution in [-0.4, -0.2) is 53.9 Å². The molecule has 1 atom stereocenters. The highest BCUT2D eigenvalue weighted by Crippen LogP contribution is 2.33. The van der Waals surface area contributed by atoms with Crippen molar-refractivity contribution in [3.05, 3.63) is 78.6 Å². The molecule has 1 unspecified atom stereocenters. The minimum absolute atomic E-state index is 0.0414. The largest absolute Gasteiger partial charge is 0.497 e. The number of nitrogens with zero attached hydrogens (tertiary/aromatic N) is 4. The highest BCUT2D eigenvalue weighted by atomic mass is 19.1. The van der Waals surface area contributed by atoms with E-state index in [1.165, 1.54) is 12.1 Å². The lowest BCUT2D eigenvalue weighted by atomic mass is 10.0. The Kier molecular flexibility index (Phi) is 6.18. The van der Waals surface area contributed by atoms with Gasteiger partial charge < -0.3 is 19.9 Å². The topological polar surface area (TPSA) is 70.6 Å². The van der Waals surface area contributed by atoms with Crippen molar-refractivity contribution in [2.45, 2.75) is 13.0 Å². The van der Waals surface area contributed by atoms with Crippen molar-refractivity contribution in [3.8, 4) is 17.0 Å². The summed E-state index contributed by atoms with van der Waals surface area (Å²) < 4.78 is 18.6. The summed E-state index contributed by atoms with van der Waals surface area (Å²) in [4.78, 5) is 16.9. The van der Waals surface area contributed by atoms with Crippen molar-refractivity contribution < 1.29 is 13.9 Å². The summed E-state index contributed by atoms with van der Waals surface area (Å²) in [6.45, 7) is 3.82. The van der Waals surface area contributed by atoms with Crippen LogP contribution in [0.15, 0.2) is 72.8 Å². The molecule has 0 saturated carbocycles. The lowest BCUT2D eigenvalue weighted by Crippen LogP contribution is -2.55. The van der Waals surface area contributed by atoms with E-state index < -0.39 is 0 Å². The van der Waals surface area contributed by atoms with Gasteiger partial charge in [0.2, 0.25) is 0 Å². The summed E-state index contributed by atoms with van der Waals surface area (Å²) >= 11 is 0. The van der Waals surface area contributed by atoms with E-state index in [9.17, 15) is 9.18 Å². The second-order valence-electron chi connectivity index (χ2n) is 8.57. The van der Waals surface area contributed by atoms with Crippen molar-refractivity contribution >= 4 is 28.3 Å². The molecule has 35 heavy (non-hydrogen) atoms. The fourth-order valence-electron chi connectivity index (χ4n) is 4.46. The van der Waals surface area contributed by atoms with Gasteiger partial charge in [-0.1, -0.05) is 24.3 Å². The van der Waals surface area contributed by atoms with E-state index in [-0.39, 0.29) is 17.9 Å². The molecule has 2 heterocycles. The number of amides is 2. The van der Waals surface area contributed by atoms with Gasteiger partial charge in [-0.25, -0.2) is 9.18 Å². The number of nitrogens with one attached hydrogen (secondary N) is 1. The molecular weight excluding hydrogens is 445 g/mol. The second kappa shape index (κ2) is 9.58. The summed E-state index contributed by atoms with van der Waals surface area (Å²) in [6.07, 6.45) is 0. The van der Waals surface area contributed by atoms with E-state index in [0.717, 1.165) is 39.3 Å². The number of methoxy groups -OCH3 is 1. The van der Waals surface area contributed by atoms with Crippen molar-refractivity contribution in [2.75, 3.05) is 37.0 Å². The maximum atomic E-state index is 13.4. The smallest absolute Gasteiger partial charge is 0.321 e. The van der Waals surface area contributed by atoms with Crippen LogP contribution >= 0.6 is 0 Å². The lowest BCUT2D eigenvalue weighted by molar-refractivity contribution is 0.200. The number of piperazine rings is 1. The van der Waals surface area contributed by atoms with Crippen LogP contribution in [0.25, 0.3) is 22.0 Å². The average molecular weight is 472 g/mol. The van der Waals surface area contributed by atoms with Gasteiger partial charge in [0.05, 0.1) is 7.11 Å². The summed E-state index contributed by atoms with van der Waals surface area (Å²) in [5.41, 5.74) is 2.25. The predicted molar refractivity (Wildman–Crippen MR) is 135 cm³/mol. The number of anilines is 2. The van der Waals surface area contributed by atoms with Crippen LogP contribution in [-0.2, 0) is 0 Å². The molecule has 1 N–H and O–H groups in total. The Bertz CT molecular complexity index is 1340. The first-order chi connectivity index (χ1) is 17.0. The Morgan fingerprint density at radius 3 is 2.37 bits per heavy atom. The summed E-state index contributed by atoms with van der Waals surface area (Å²) in [5, 5.41) is 14.0. The molecule has 4 aromatic rings. The minimum Gasteiger partial charge on any atom is -0.497 e. The second-order valence-corrected chi connectivity index (χ2v) is 8.57. The molecule has 178 valence electrons. The minimum atomic E-state index is -0.287. The van der Waals surface area contributed by atoms with Gasteiger partial charge in [0, 0.05) is 47.7 Å². The van der Waals surface area contributed by atoms with Crippen LogP contribution in [0.3, 0.4) is 0 Å². The summed E-state index contributed by atoms with van der Waals surface area (Å²) in [6, 6.07) is 21.4. The van der Waals surface area contributed by atoms with E-state index in [1.807, 2.05) is 53.4 Å². The lowest BCUT2D eigenvalue weighted by Gasteiger charge is -2.40. The SMILES string of the molecule is COc1ccc(NC(=O)N2CCN(c3nnc(-c4ccc(F)cc4)c4ccccc34)C(C)C2)cc1. The van der Waals surface area contributed by atoms with E-state index in [0.29, 0.717) is 19.6 Å². The van der Waals surface area contributed by atoms with Gasteiger partial charge in [0.1, 0.15) is 17.3 Å². The zero-order valence-corrected chi connectivity index (χ0v) is 19.6. The molecule has 3 aromatic carbocycles. The molecule has 1 fully saturated rings. The Balaban J connectivity index is 1.35. The highest BCUT2D eigenvalue weighted by Gasteiger charge is 2.29. The Labute approximate surface area is 203 Å². The monoisotopic (exact) mass is 471 g/mol. The van der Waals surface area contributed by atoms with Gasteiger partial charge in [-0.3, -0.25) is 0 Å². The highest BCUT2D eigenvalue weighted by molar-refractivity contribution is 6.00. The van der Waals surface area contributed by atoms with Gasteiger partial charge in [-0.2, -0.15) is 0 Å². The number of hydrogen-bond donors (Lipinski definition) is 1. The maximum Gasteiger partial charge on any atom is 0.321 e. The van der Waals surface area contributed by atoms with E-state index in [2.05, 4.69) is 27.3 Å². The normalized spacial score (nSPS) is 15.8. The van der Waals surface area contributed by atoms with Gasteiger partial charge in [0.15, 0.2) is 5.82 Å². The molecule has 5 rings (SSSR count). The number of halogens is 1. The Morgan fingerprint density at radius 2 is 1.69 bits per heavy atom. The molecule has 0 radical (unpaired) electrons. The number of hydrogen-bond acceptors (Lipinski definition) is 5. The fraction of sp³-hybridized carbons (Fsp3) is 0.222. The zero-order chi connectivity index (χ0) is 24.4. The summed E-state index contributed by atoms with van der Waals surface area (Å²) in [5.74, 6) is 1.24. The van der Waals surface area contributed by atoms with Gasteiger partial charge in [-0.15, -0.1) is 10.2 Å². The molecule has 1 aromatic heterocycles. The number of fused-ring (bicyclic) bond motifs is 1. The van der Waals surface area contributed by atoms with Gasteiger partial charge in [0.25, 0.3) is 0 Å². The van der Waals surface area contributed by atoms with Crippen LogP contribution in [0.1, 0.15) is 6.92 Å².